The van der Waals surface area contributed by atoms with Crippen LogP contribution in [0.15, 0.2) is 24.3 Å². The van der Waals surface area contributed by atoms with Gasteiger partial charge in [-0.3, -0.25) is 0 Å². The molecule has 1 fully saturated rings. The van der Waals surface area contributed by atoms with E-state index in [-0.39, 0.29) is 0 Å². The number of hydrogen-bond acceptors (Lipinski definition) is 4. The van der Waals surface area contributed by atoms with E-state index < -0.39 is 0 Å². The van der Waals surface area contributed by atoms with Crippen molar-refractivity contribution in [1.29, 1.82) is 0 Å². The van der Waals surface area contributed by atoms with Gasteiger partial charge in [0.25, 0.3) is 0 Å². The number of benzene rings is 1. The molecule has 1 aromatic rings. The van der Waals surface area contributed by atoms with Gasteiger partial charge in [-0.25, -0.2) is 0 Å². The molecule has 20 heavy (non-hydrogen) atoms. The van der Waals surface area contributed by atoms with Crippen molar-refractivity contribution in [3.05, 3.63) is 24.3 Å². The third-order valence-corrected chi connectivity index (χ3v) is 3.61. The second-order valence-corrected chi connectivity index (χ2v) is 5.35. The maximum atomic E-state index is 5.78. The molecule has 1 saturated heterocycles. The van der Waals surface area contributed by atoms with Gasteiger partial charge in [0.15, 0.2) is 11.5 Å². The predicted molar refractivity (Wildman–Crippen MR) is 81.6 cm³/mol. The maximum Gasteiger partial charge on any atom is 0.161 e. The van der Waals surface area contributed by atoms with Crippen molar-refractivity contribution >= 4 is 0 Å². The first-order valence-corrected chi connectivity index (χ1v) is 7.53. The lowest BCUT2D eigenvalue weighted by molar-refractivity contribution is 0.273. The highest BCUT2D eigenvalue weighted by atomic mass is 16.5. The lowest BCUT2D eigenvalue weighted by Crippen LogP contribution is -2.28. The van der Waals surface area contributed by atoms with E-state index in [0.717, 1.165) is 30.5 Å². The number of hydrogen-bond donors (Lipinski definition) is 1. The molecule has 2 rings (SSSR count). The van der Waals surface area contributed by atoms with Crippen molar-refractivity contribution in [1.82, 2.24) is 10.2 Å². The van der Waals surface area contributed by atoms with Gasteiger partial charge in [0.05, 0.1) is 6.61 Å². The van der Waals surface area contributed by atoms with Gasteiger partial charge in [-0.1, -0.05) is 12.1 Å². The van der Waals surface area contributed by atoms with Crippen molar-refractivity contribution in [2.24, 2.45) is 5.92 Å². The van der Waals surface area contributed by atoms with E-state index in [2.05, 4.69) is 17.3 Å². The standard InChI is InChI=1S/C16H26N2O2/c1-3-19-15-6-4-5-7-16(15)20-11-9-17-12-14-8-10-18(2)13-14/h4-7,14,17H,3,8-13H2,1-2H3. The van der Waals surface area contributed by atoms with Gasteiger partial charge in [0.1, 0.15) is 6.61 Å². The van der Waals surface area contributed by atoms with Gasteiger partial charge in [0, 0.05) is 13.1 Å². The van der Waals surface area contributed by atoms with Gasteiger partial charge < -0.3 is 19.7 Å². The van der Waals surface area contributed by atoms with Crippen molar-refractivity contribution < 1.29 is 9.47 Å². The van der Waals surface area contributed by atoms with E-state index in [1.165, 1.54) is 19.5 Å². The van der Waals surface area contributed by atoms with Crippen LogP contribution in [-0.4, -0.2) is 51.3 Å². The van der Waals surface area contributed by atoms with Crippen molar-refractivity contribution in [3.8, 4) is 11.5 Å². The highest BCUT2D eigenvalue weighted by Gasteiger charge is 2.18. The van der Waals surface area contributed by atoms with Gasteiger partial charge in [-0.05, 0) is 51.5 Å². The fraction of sp³-hybridized carbons (Fsp3) is 0.625. The van der Waals surface area contributed by atoms with Crippen LogP contribution in [0.4, 0.5) is 0 Å². The monoisotopic (exact) mass is 278 g/mol. The van der Waals surface area contributed by atoms with E-state index in [1.54, 1.807) is 0 Å². The SMILES string of the molecule is CCOc1ccccc1OCCNCC1CCN(C)C1. The molecule has 1 aromatic carbocycles. The highest BCUT2D eigenvalue weighted by molar-refractivity contribution is 5.39. The van der Waals surface area contributed by atoms with Gasteiger partial charge >= 0.3 is 0 Å². The average molecular weight is 278 g/mol. The molecule has 1 N–H and O–H groups in total. The van der Waals surface area contributed by atoms with Crippen LogP contribution in [0.3, 0.4) is 0 Å². The van der Waals surface area contributed by atoms with Gasteiger partial charge in [-0.15, -0.1) is 0 Å². The fourth-order valence-electron chi connectivity index (χ4n) is 2.58. The molecular weight excluding hydrogens is 252 g/mol. The Kier molecular flexibility index (Phi) is 6.15. The van der Waals surface area contributed by atoms with Crippen LogP contribution >= 0.6 is 0 Å². The number of ether oxygens (including phenoxy) is 2. The molecule has 0 radical (unpaired) electrons. The summed E-state index contributed by atoms with van der Waals surface area (Å²) in [5.74, 6) is 2.44. The van der Waals surface area contributed by atoms with Crippen molar-refractivity contribution in [3.63, 3.8) is 0 Å². The summed E-state index contributed by atoms with van der Waals surface area (Å²) in [5, 5.41) is 3.48. The predicted octanol–water partition coefficient (Wildman–Crippen LogP) is 2.01. The lowest BCUT2D eigenvalue weighted by Gasteiger charge is -2.13. The summed E-state index contributed by atoms with van der Waals surface area (Å²) in [6.07, 6.45) is 1.30. The summed E-state index contributed by atoms with van der Waals surface area (Å²) in [7, 11) is 2.19. The van der Waals surface area contributed by atoms with Crippen LogP contribution in [0.1, 0.15) is 13.3 Å². The number of rotatable bonds is 8. The summed E-state index contributed by atoms with van der Waals surface area (Å²) in [6.45, 7) is 7.71. The van der Waals surface area contributed by atoms with Crippen molar-refractivity contribution in [2.75, 3.05) is 46.4 Å². The number of para-hydroxylation sites is 2. The molecule has 4 nitrogen and oxygen atoms in total. The first-order valence-electron chi connectivity index (χ1n) is 7.53. The Labute approximate surface area is 122 Å². The minimum Gasteiger partial charge on any atom is -0.490 e. The number of nitrogens with zero attached hydrogens (tertiary/aromatic N) is 1. The van der Waals surface area contributed by atoms with Crippen molar-refractivity contribution in [2.45, 2.75) is 13.3 Å². The minimum absolute atomic E-state index is 0.661. The second-order valence-electron chi connectivity index (χ2n) is 5.35. The quantitative estimate of drug-likeness (QED) is 0.738. The first kappa shape index (κ1) is 15.1. The zero-order valence-electron chi connectivity index (χ0n) is 12.6. The zero-order valence-corrected chi connectivity index (χ0v) is 12.6. The maximum absolute atomic E-state index is 5.78. The fourth-order valence-corrected chi connectivity index (χ4v) is 2.58. The van der Waals surface area contributed by atoms with Gasteiger partial charge in [-0.2, -0.15) is 0 Å². The Balaban J connectivity index is 1.63. The average Bonchev–Trinajstić information content (AvgIpc) is 2.86. The molecule has 1 unspecified atom stereocenters. The first-order chi connectivity index (χ1) is 9.79. The summed E-state index contributed by atoms with van der Waals surface area (Å²) in [5.41, 5.74) is 0. The highest BCUT2D eigenvalue weighted by Crippen LogP contribution is 2.26. The van der Waals surface area contributed by atoms with Crippen LogP contribution < -0.4 is 14.8 Å². The summed E-state index contributed by atoms with van der Waals surface area (Å²) in [6, 6.07) is 7.84. The Hall–Kier alpha value is -1.26. The van der Waals surface area contributed by atoms with Crippen LogP contribution in [0, 0.1) is 5.92 Å². The summed E-state index contributed by atoms with van der Waals surface area (Å²) < 4.78 is 11.3. The summed E-state index contributed by atoms with van der Waals surface area (Å²) in [4.78, 5) is 2.39. The Bertz CT molecular complexity index is 398. The normalized spacial score (nSPS) is 19.2. The summed E-state index contributed by atoms with van der Waals surface area (Å²) >= 11 is 0. The molecule has 0 spiro atoms. The topological polar surface area (TPSA) is 33.7 Å². The smallest absolute Gasteiger partial charge is 0.161 e. The molecule has 0 saturated carbocycles. The van der Waals surface area contributed by atoms with Gasteiger partial charge in [0.2, 0.25) is 0 Å². The molecule has 0 aliphatic carbocycles. The Morgan fingerprint density at radius 1 is 1.25 bits per heavy atom. The molecule has 0 bridgehead atoms. The van der Waals surface area contributed by atoms with E-state index in [9.17, 15) is 0 Å². The zero-order chi connectivity index (χ0) is 14.2. The lowest BCUT2D eigenvalue weighted by atomic mass is 10.1. The molecular formula is C16H26N2O2. The van der Waals surface area contributed by atoms with Crippen LogP contribution in [0.5, 0.6) is 11.5 Å². The molecule has 0 amide bonds. The third kappa shape index (κ3) is 4.69. The molecule has 1 atom stereocenters. The molecule has 1 aliphatic rings. The molecule has 0 aromatic heterocycles. The third-order valence-electron chi connectivity index (χ3n) is 3.61. The second kappa shape index (κ2) is 8.12. The van der Waals surface area contributed by atoms with Crippen LogP contribution in [-0.2, 0) is 0 Å². The Morgan fingerprint density at radius 3 is 2.65 bits per heavy atom. The largest absolute Gasteiger partial charge is 0.490 e. The molecule has 112 valence electrons. The molecule has 1 heterocycles. The minimum atomic E-state index is 0.661. The number of likely N-dealkylation sites (tertiary alicyclic amines) is 1. The number of nitrogens with one attached hydrogen (secondary N) is 1. The van der Waals surface area contributed by atoms with Crippen LogP contribution in [0.25, 0.3) is 0 Å². The Morgan fingerprint density at radius 2 is 2.00 bits per heavy atom. The van der Waals surface area contributed by atoms with E-state index >= 15 is 0 Å². The van der Waals surface area contributed by atoms with E-state index in [4.69, 9.17) is 9.47 Å². The molecule has 1 aliphatic heterocycles. The molecule has 4 heteroatoms. The van der Waals surface area contributed by atoms with Crippen LogP contribution in [0.2, 0.25) is 0 Å². The van der Waals surface area contributed by atoms with E-state index in [0.29, 0.717) is 13.2 Å². The van der Waals surface area contributed by atoms with E-state index in [1.807, 2.05) is 31.2 Å².